The smallest absolute Gasteiger partial charge is 0.273 e. The summed E-state index contributed by atoms with van der Waals surface area (Å²) in [6, 6.07) is 12.9. The van der Waals surface area contributed by atoms with E-state index in [2.05, 4.69) is 30.9 Å². The number of halogens is 2. The molecular formula is C25H22BrFN4O3. The highest BCUT2D eigenvalue weighted by atomic mass is 79.9. The van der Waals surface area contributed by atoms with Crippen LogP contribution in [0.3, 0.4) is 0 Å². The lowest BCUT2D eigenvalue weighted by molar-refractivity contribution is 0.0688. The number of hydrogen-bond acceptors (Lipinski definition) is 6. The molecule has 0 aliphatic carbocycles. The normalized spacial score (nSPS) is 11.5. The fraction of sp³-hybridized carbons (Fsp3) is 0.200. The predicted molar refractivity (Wildman–Crippen MR) is 129 cm³/mol. The topological polar surface area (TPSA) is 90.1 Å². The minimum Gasteiger partial charge on any atom is -0.487 e. The van der Waals surface area contributed by atoms with Crippen LogP contribution in [0.5, 0.6) is 5.75 Å². The van der Waals surface area contributed by atoms with Crippen LogP contribution >= 0.6 is 15.9 Å². The molecule has 0 saturated heterocycles. The van der Waals surface area contributed by atoms with E-state index in [0.29, 0.717) is 28.5 Å². The Balaban J connectivity index is 1.67. The molecule has 4 aromatic rings. The highest BCUT2D eigenvalue weighted by Gasteiger charge is 2.20. The van der Waals surface area contributed by atoms with Crippen LogP contribution in [0.2, 0.25) is 0 Å². The largest absolute Gasteiger partial charge is 0.487 e. The molecule has 0 saturated carbocycles. The van der Waals surface area contributed by atoms with E-state index in [1.54, 1.807) is 69.6 Å². The summed E-state index contributed by atoms with van der Waals surface area (Å²) < 4.78 is 20.7. The van der Waals surface area contributed by atoms with Gasteiger partial charge in [0.05, 0.1) is 17.1 Å². The molecule has 0 unspecified atom stereocenters. The molecule has 4 rings (SSSR count). The third-order valence-corrected chi connectivity index (χ3v) is 5.80. The monoisotopic (exact) mass is 524 g/mol. The molecule has 34 heavy (non-hydrogen) atoms. The fourth-order valence-corrected chi connectivity index (χ4v) is 3.75. The molecule has 174 valence electrons. The summed E-state index contributed by atoms with van der Waals surface area (Å²) in [6.45, 7) is 5.21. The quantitative estimate of drug-likeness (QED) is 0.393. The Morgan fingerprint density at radius 2 is 1.76 bits per heavy atom. The van der Waals surface area contributed by atoms with Crippen LogP contribution in [0.15, 0.2) is 70.2 Å². The van der Waals surface area contributed by atoms with Gasteiger partial charge in [-0.25, -0.2) is 14.4 Å². The number of aliphatic hydroxyl groups is 1. The van der Waals surface area contributed by atoms with Gasteiger partial charge in [0.15, 0.2) is 5.82 Å². The number of ether oxygens (including phenoxy) is 1. The maximum Gasteiger partial charge on any atom is 0.273 e. The first-order valence-electron chi connectivity index (χ1n) is 10.5. The van der Waals surface area contributed by atoms with Gasteiger partial charge in [0.2, 0.25) is 0 Å². The number of pyridine rings is 2. The number of hydrogen-bond donors (Lipinski definition) is 1. The molecule has 0 atom stereocenters. The Hall–Kier alpha value is -3.43. The zero-order chi connectivity index (χ0) is 24.5. The first-order chi connectivity index (χ1) is 16.1. The number of aryl methyl sites for hydroxylation is 1. The van der Waals surface area contributed by atoms with E-state index >= 15 is 0 Å². The van der Waals surface area contributed by atoms with Crippen LogP contribution in [0, 0.1) is 12.7 Å². The van der Waals surface area contributed by atoms with Gasteiger partial charge in [-0.2, -0.15) is 0 Å². The molecule has 3 heterocycles. The Labute approximate surface area is 204 Å². The molecule has 0 spiro atoms. The molecule has 1 aromatic carbocycles. The zero-order valence-corrected chi connectivity index (χ0v) is 20.4. The summed E-state index contributed by atoms with van der Waals surface area (Å²) in [5.41, 5.74) is 1.59. The van der Waals surface area contributed by atoms with Crippen molar-refractivity contribution in [2.24, 2.45) is 0 Å². The first-order valence-corrected chi connectivity index (χ1v) is 11.2. The van der Waals surface area contributed by atoms with Gasteiger partial charge in [-0.1, -0.05) is 12.1 Å². The number of benzene rings is 1. The Bertz CT molecular complexity index is 1400. The van der Waals surface area contributed by atoms with Crippen LogP contribution in [-0.4, -0.2) is 24.6 Å². The van der Waals surface area contributed by atoms with Gasteiger partial charge in [-0.3, -0.25) is 14.3 Å². The van der Waals surface area contributed by atoms with Crippen molar-refractivity contribution < 1.29 is 14.2 Å². The van der Waals surface area contributed by atoms with Gasteiger partial charge in [0, 0.05) is 24.2 Å². The van der Waals surface area contributed by atoms with Crippen LogP contribution in [0.25, 0.3) is 17.1 Å². The highest BCUT2D eigenvalue weighted by Crippen LogP contribution is 2.26. The van der Waals surface area contributed by atoms with E-state index in [9.17, 15) is 14.3 Å². The van der Waals surface area contributed by atoms with E-state index < -0.39 is 5.60 Å². The van der Waals surface area contributed by atoms with Crippen LogP contribution in [0.1, 0.15) is 30.9 Å². The first kappa shape index (κ1) is 23.7. The second-order valence-corrected chi connectivity index (χ2v) is 9.04. The zero-order valence-electron chi connectivity index (χ0n) is 18.8. The van der Waals surface area contributed by atoms with Gasteiger partial charge in [0.1, 0.15) is 28.2 Å². The molecular weight excluding hydrogens is 503 g/mol. The minimum absolute atomic E-state index is 0.193. The summed E-state index contributed by atoms with van der Waals surface area (Å²) in [4.78, 5) is 26.1. The molecule has 0 fully saturated rings. The number of aromatic nitrogens is 4. The average Bonchev–Trinajstić information content (AvgIpc) is 2.81. The third-order valence-electron chi connectivity index (χ3n) is 5.07. The molecule has 3 aromatic heterocycles. The predicted octanol–water partition coefficient (Wildman–Crippen LogP) is 4.71. The second-order valence-electron chi connectivity index (χ2n) is 8.24. The molecule has 0 aliphatic rings. The Morgan fingerprint density at radius 3 is 2.47 bits per heavy atom. The lowest BCUT2D eigenvalue weighted by atomic mass is 10.1. The van der Waals surface area contributed by atoms with Crippen LogP contribution in [0.4, 0.5) is 4.39 Å². The lowest BCUT2D eigenvalue weighted by Crippen LogP contribution is -2.22. The molecule has 0 bridgehead atoms. The molecule has 0 radical (unpaired) electrons. The summed E-state index contributed by atoms with van der Waals surface area (Å²) in [5, 5.41) is 10.2. The van der Waals surface area contributed by atoms with E-state index in [4.69, 9.17) is 4.74 Å². The van der Waals surface area contributed by atoms with Crippen molar-refractivity contribution in [3.05, 3.63) is 98.7 Å². The van der Waals surface area contributed by atoms with Gasteiger partial charge < -0.3 is 9.84 Å². The van der Waals surface area contributed by atoms with Crippen molar-refractivity contribution in [2.45, 2.75) is 33.0 Å². The maximum absolute atomic E-state index is 13.2. The maximum atomic E-state index is 13.2. The lowest BCUT2D eigenvalue weighted by Gasteiger charge is -2.16. The minimum atomic E-state index is -1.20. The van der Waals surface area contributed by atoms with E-state index in [-0.39, 0.29) is 28.3 Å². The van der Waals surface area contributed by atoms with Crippen molar-refractivity contribution in [3.8, 4) is 22.8 Å². The van der Waals surface area contributed by atoms with Crippen molar-refractivity contribution in [2.75, 3.05) is 0 Å². The van der Waals surface area contributed by atoms with Gasteiger partial charge in [-0.15, -0.1) is 0 Å². The molecule has 0 amide bonds. The summed E-state index contributed by atoms with van der Waals surface area (Å²) in [6.07, 6.45) is 3.15. The molecule has 1 N–H and O–H groups in total. The highest BCUT2D eigenvalue weighted by molar-refractivity contribution is 9.10. The standard InChI is InChI=1S/C25H22BrFN4O3/c1-15-12-21(34-14-16-4-6-17(27)7-5-16)22(26)23(32)31(15)18-8-10-28-20(13-18)19-9-11-29-24(30-19)25(2,3)33/h4-13,33H,14H2,1-3H3. The molecule has 9 heteroatoms. The van der Waals surface area contributed by atoms with E-state index in [1.165, 1.54) is 16.7 Å². The van der Waals surface area contributed by atoms with Crippen molar-refractivity contribution >= 4 is 15.9 Å². The summed E-state index contributed by atoms with van der Waals surface area (Å²) in [7, 11) is 0. The Kier molecular flexibility index (Phi) is 6.58. The van der Waals surface area contributed by atoms with Crippen molar-refractivity contribution in [3.63, 3.8) is 0 Å². The van der Waals surface area contributed by atoms with Gasteiger partial charge in [-0.05, 0) is 72.6 Å². The summed E-state index contributed by atoms with van der Waals surface area (Å²) >= 11 is 3.36. The van der Waals surface area contributed by atoms with Gasteiger partial charge in [0.25, 0.3) is 5.56 Å². The number of rotatable bonds is 6. The van der Waals surface area contributed by atoms with E-state index in [0.717, 1.165) is 5.56 Å². The fourth-order valence-electron chi connectivity index (χ4n) is 3.34. The SMILES string of the molecule is Cc1cc(OCc2ccc(F)cc2)c(Br)c(=O)n1-c1ccnc(-c2ccnc(C(C)(C)O)n2)c1. The van der Waals surface area contributed by atoms with Crippen LogP contribution < -0.4 is 10.3 Å². The average molecular weight is 525 g/mol. The molecule has 7 nitrogen and oxygen atoms in total. The van der Waals surface area contributed by atoms with E-state index in [1.807, 2.05) is 0 Å². The summed E-state index contributed by atoms with van der Waals surface area (Å²) in [5.74, 6) is 0.345. The van der Waals surface area contributed by atoms with Crippen molar-refractivity contribution in [1.29, 1.82) is 0 Å². The molecule has 0 aliphatic heterocycles. The Morgan fingerprint density at radius 1 is 1.06 bits per heavy atom. The van der Waals surface area contributed by atoms with Crippen molar-refractivity contribution in [1.82, 2.24) is 19.5 Å². The third kappa shape index (κ3) is 5.05. The van der Waals surface area contributed by atoms with Gasteiger partial charge >= 0.3 is 0 Å². The second kappa shape index (κ2) is 9.44. The van der Waals surface area contributed by atoms with Crippen LogP contribution in [-0.2, 0) is 12.2 Å². The number of nitrogens with zero attached hydrogens (tertiary/aromatic N) is 4.